The topological polar surface area (TPSA) is 103 Å². The summed E-state index contributed by atoms with van der Waals surface area (Å²) < 4.78 is 27.7. The number of hydrogen-bond acceptors (Lipinski definition) is 5. The molecule has 102 valence electrons. The molecule has 7 nitrogen and oxygen atoms in total. The van der Waals surface area contributed by atoms with Crippen molar-refractivity contribution >= 4 is 21.5 Å². The Labute approximate surface area is 111 Å². The highest BCUT2D eigenvalue weighted by atomic mass is 32.2. The number of nitrogens with one attached hydrogen (secondary N) is 1. The number of aryl methyl sites for hydroxylation is 2. The van der Waals surface area contributed by atoms with Gasteiger partial charge in [-0.05, 0) is 12.1 Å². The number of pyridine rings is 1. The summed E-state index contributed by atoms with van der Waals surface area (Å²) in [6.07, 6.45) is 3.37. The summed E-state index contributed by atoms with van der Waals surface area (Å²) in [6, 6.07) is 5.39. The Morgan fingerprint density at radius 1 is 1.42 bits per heavy atom. The second-order valence-electron chi connectivity index (χ2n) is 4.06. The first-order valence-corrected chi connectivity index (χ1v) is 7.31. The van der Waals surface area contributed by atoms with E-state index in [-0.39, 0.29) is 11.6 Å². The van der Waals surface area contributed by atoms with Crippen LogP contribution in [0, 0.1) is 0 Å². The SMILES string of the molecule is Cn1ncc(N)c1NS(=O)(=O)CCc1ccccn1. The highest BCUT2D eigenvalue weighted by molar-refractivity contribution is 7.92. The summed E-state index contributed by atoms with van der Waals surface area (Å²) in [4.78, 5) is 4.08. The second-order valence-corrected chi connectivity index (χ2v) is 5.91. The number of hydrogen-bond donors (Lipinski definition) is 2. The maximum atomic E-state index is 11.9. The van der Waals surface area contributed by atoms with Crippen molar-refractivity contribution in [1.29, 1.82) is 0 Å². The predicted molar refractivity (Wildman–Crippen MR) is 73.0 cm³/mol. The fourth-order valence-corrected chi connectivity index (χ4v) is 2.69. The van der Waals surface area contributed by atoms with E-state index in [1.54, 1.807) is 25.4 Å². The van der Waals surface area contributed by atoms with E-state index < -0.39 is 10.0 Å². The van der Waals surface area contributed by atoms with Gasteiger partial charge in [0.2, 0.25) is 10.0 Å². The van der Waals surface area contributed by atoms with Crippen molar-refractivity contribution in [2.24, 2.45) is 7.05 Å². The Balaban J connectivity index is 2.04. The van der Waals surface area contributed by atoms with E-state index >= 15 is 0 Å². The van der Waals surface area contributed by atoms with Crippen molar-refractivity contribution in [2.75, 3.05) is 16.2 Å². The molecule has 0 aliphatic rings. The first kappa shape index (κ1) is 13.3. The van der Waals surface area contributed by atoms with Gasteiger partial charge in [0.1, 0.15) is 0 Å². The van der Waals surface area contributed by atoms with Crippen molar-refractivity contribution in [3.8, 4) is 0 Å². The summed E-state index contributed by atoms with van der Waals surface area (Å²) in [7, 11) is -1.86. The molecule has 0 atom stereocenters. The number of sulfonamides is 1. The quantitative estimate of drug-likeness (QED) is 0.824. The van der Waals surface area contributed by atoms with Crippen LogP contribution < -0.4 is 10.5 Å². The highest BCUT2D eigenvalue weighted by Crippen LogP contribution is 2.17. The van der Waals surface area contributed by atoms with Crippen LogP contribution in [0.2, 0.25) is 0 Å². The van der Waals surface area contributed by atoms with Gasteiger partial charge in [0.05, 0.1) is 17.6 Å². The van der Waals surface area contributed by atoms with Crippen LogP contribution in [0.25, 0.3) is 0 Å². The lowest BCUT2D eigenvalue weighted by Gasteiger charge is -2.08. The van der Waals surface area contributed by atoms with Crippen LogP contribution in [-0.4, -0.2) is 28.9 Å². The lowest BCUT2D eigenvalue weighted by atomic mass is 10.3. The smallest absolute Gasteiger partial charge is 0.234 e. The Kier molecular flexibility index (Phi) is 3.70. The molecule has 2 rings (SSSR count). The molecule has 2 aromatic rings. The number of aromatic nitrogens is 3. The molecule has 8 heteroatoms. The zero-order valence-corrected chi connectivity index (χ0v) is 11.3. The summed E-state index contributed by atoms with van der Waals surface area (Å²) in [5.41, 5.74) is 6.66. The molecule has 0 spiro atoms. The van der Waals surface area contributed by atoms with Gasteiger partial charge in [0.25, 0.3) is 0 Å². The normalized spacial score (nSPS) is 11.4. The highest BCUT2D eigenvalue weighted by Gasteiger charge is 2.15. The van der Waals surface area contributed by atoms with Crippen LogP contribution in [0.3, 0.4) is 0 Å². The van der Waals surface area contributed by atoms with Crippen LogP contribution in [-0.2, 0) is 23.5 Å². The van der Waals surface area contributed by atoms with E-state index in [0.717, 1.165) is 5.69 Å². The number of nitrogens with zero attached hydrogens (tertiary/aromatic N) is 3. The lowest BCUT2D eigenvalue weighted by Crippen LogP contribution is -2.20. The third kappa shape index (κ3) is 3.44. The van der Waals surface area contributed by atoms with Crippen LogP contribution in [0.15, 0.2) is 30.6 Å². The molecule has 2 heterocycles. The Morgan fingerprint density at radius 3 is 2.79 bits per heavy atom. The molecule has 3 N–H and O–H groups in total. The number of nitrogen functional groups attached to an aromatic ring is 1. The molecular weight excluding hydrogens is 266 g/mol. The van der Waals surface area contributed by atoms with E-state index in [9.17, 15) is 8.42 Å². The molecular formula is C11H15N5O2S. The molecule has 0 aliphatic heterocycles. The van der Waals surface area contributed by atoms with Gasteiger partial charge in [-0.2, -0.15) is 5.10 Å². The van der Waals surface area contributed by atoms with Gasteiger partial charge >= 0.3 is 0 Å². The van der Waals surface area contributed by atoms with Gasteiger partial charge in [-0.1, -0.05) is 6.07 Å². The fourth-order valence-electron chi connectivity index (χ4n) is 1.56. The average molecular weight is 281 g/mol. The van der Waals surface area contributed by atoms with Crippen molar-refractivity contribution in [2.45, 2.75) is 6.42 Å². The maximum absolute atomic E-state index is 11.9. The van der Waals surface area contributed by atoms with Crippen molar-refractivity contribution < 1.29 is 8.42 Å². The minimum atomic E-state index is -3.48. The minimum absolute atomic E-state index is 0.0609. The van der Waals surface area contributed by atoms with Gasteiger partial charge in [-0.3, -0.25) is 14.4 Å². The molecule has 0 amide bonds. The summed E-state index contributed by atoms with van der Waals surface area (Å²) in [6.45, 7) is 0. The largest absolute Gasteiger partial charge is 0.394 e. The molecule has 0 aliphatic carbocycles. The molecule has 0 bridgehead atoms. The van der Waals surface area contributed by atoms with Crippen LogP contribution in [0.5, 0.6) is 0 Å². The Morgan fingerprint density at radius 2 is 2.21 bits per heavy atom. The standard InChI is InChI=1S/C11H15N5O2S/c1-16-11(10(12)8-14-16)15-19(17,18)7-5-9-4-2-3-6-13-9/h2-4,6,8,15H,5,7,12H2,1H3. The zero-order chi connectivity index (χ0) is 13.9. The zero-order valence-electron chi connectivity index (χ0n) is 10.4. The van der Waals surface area contributed by atoms with Crippen LogP contribution in [0.1, 0.15) is 5.69 Å². The third-order valence-corrected chi connectivity index (χ3v) is 3.82. The summed E-state index contributed by atoms with van der Waals surface area (Å²) in [5.74, 6) is 0.218. The van der Waals surface area contributed by atoms with Gasteiger partial charge in [-0.15, -0.1) is 0 Å². The number of nitrogens with two attached hydrogens (primary N) is 1. The lowest BCUT2D eigenvalue weighted by molar-refractivity contribution is 0.599. The van der Waals surface area contributed by atoms with Gasteiger partial charge in [0, 0.05) is 25.4 Å². The van der Waals surface area contributed by atoms with Crippen molar-refractivity contribution in [3.63, 3.8) is 0 Å². The first-order valence-electron chi connectivity index (χ1n) is 5.66. The molecule has 19 heavy (non-hydrogen) atoms. The van der Waals surface area contributed by atoms with Gasteiger partial charge < -0.3 is 5.73 Å². The first-order chi connectivity index (χ1) is 8.98. The average Bonchev–Trinajstić information content (AvgIpc) is 2.69. The maximum Gasteiger partial charge on any atom is 0.234 e. The minimum Gasteiger partial charge on any atom is -0.394 e. The molecule has 0 saturated heterocycles. The van der Waals surface area contributed by atoms with E-state index in [0.29, 0.717) is 12.1 Å². The summed E-state index contributed by atoms with van der Waals surface area (Å²) >= 11 is 0. The van der Waals surface area contributed by atoms with Crippen LogP contribution >= 0.6 is 0 Å². The molecule has 0 fully saturated rings. The molecule has 0 unspecified atom stereocenters. The third-order valence-electron chi connectivity index (χ3n) is 2.57. The van der Waals surface area contributed by atoms with E-state index in [4.69, 9.17) is 5.73 Å². The Hall–Kier alpha value is -2.09. The number of anilines is 2. The molecule has 0 saturated carbocycles. The fraction of sp³-hybridized carbons (Fsp3) is 0.273. The van der Waals surface area contributed by atoms with Crippen LogP contribution in [0.4, 0.5) is 11.5 Å². The Bertz CT molecular complexity index is 631. The van der Waals surface area contributed by atoms with Gasteiger partial charge in [0.15, 0.2) is 5.82 Å². The molecule has 0 aromatic carbocycles. The van der Waals surface area contributed by atoms with Crippen molar-refractivity contribution in [1.82, 2.24) is 14.8 Å². The van der Waals surface area contributed by atoms with E-state index in [1.165, 1.54) is 10.9 Å². The predicted octanol–water partition coefficient (Wildman–Crippen LogP) is 0.382. The monoisotopic (exact) mass is 281 g/mol. The molecule has 0 radical (unpaired) electrons. The molecule has 2 aromatic heterocycles. The van der Waals surface area contributed by atoms with Crippen molar-refractivity contribution in [3.05, 3.63) is 36.3 Å². The number of rotatable bonds is 5. The van der Waals surface area contributed by atoms with E-state index in [1.807, 2.05) is 6.07 Å². The second kappa shape index (κ2) is 5.27. The van der Waals surface area contributed by atoms with Gasteiger partial charge in [-0.25, -0.2) is 8.42 Å². The summed E-state index contributed by atoms with van der Waals surface area (Å²) in [5, 5.41) is 3.87. The van der Waals surface area contributed by atoms with E-state index in [2.05, 4.69) is 14.8 Å².